The highest BCUT2D eigenvalue weighted by atomic mass is 16.4. The number of nitrogens with one attached hydrogen (secondary N) is 2. The highest BCUT2D eigenvalue weighted by Gasteiger charge is 2.25. The van der Waals surface area contributed by atoms with Gasteiger partial charge in [-0.05, 0) is 0 Å². The van der Waals surface area contributed by atoms with Crippen LogP contribution in [0.15, 0.2) is 0 Å². The molecule has 21 heavy (non-hydrogen) atoms. The molecule has 0 aliphatic carbocycles. The third-order valence-corrected chi connectivity index (χ3v) is 2.44. The second-order valence-corrected chi connectivity index (χ2v) is 4.14. The zero-order valence-electron chi connectivity index (χ0n) is 10.9. The predicted octanol–water partition coefficient (Wildman–Crippen LogP) is -3.04. The van der Waals surface area contributed by atoms with Gasteiger partial charge in [-0.25, -0.2) is 0 Å². The number of nitrogens with two attached hydrogens (primary N) is 1. The quantitative estimate of drug-likeness (QED) is 0.204. The van der Waals surface area contributed by atoms with E-state index in [1.165, 1.54) is 0 Å². The number of carbonyl (C=O) groups is 4. The Morgan fingerprint density at radius 2 is 1.29 bits per heavy atom. The van der Waals surface area contributed by atoms with Crippen LogP contribution in [0.2, 0.25) is 0 Å². The molecule has 0 radical (unpaired) electrons. The van der Waals surface area contributed by atoms with E-state index in [0.29, 0.717) is 0 Å². The highest BCUT2D eigenvalue weighted by Crippen LogP contribution is 1.94. The summed E-state index contributed by atoms with van der Waals surface area (Å²) < 4.78 is 0. The molecule has 11 heteroatoms. The Balaban J connectivity index is 4.49. The van der Waals surface area contributed by atoms with Crippen molar-refractivity contribution in [1.82, 2.24) is 10.6 Å². The van der Waals surface area contributed by atoms with Crippen LogP contribution in [0.25, 0.3) is 0 Å². The predicted molar refractivity (Wildman–Crippen MR) is 66.7 cm³/mol. The first-order valence-corrected chi connectivity index (χ1v) is 5.77. The zero-order chi connectivity index (χ0) is 16.6. The fourth-order valence-electron chi connectivity index (χ4n) is 1.28. The SMILES string of the molecule is N[C@H](CN[C@H](CN[C@H](CC(=O)O)C(=O)O)C(=O)O)C(=O)O. The molecule has 0 amide bonds. The summed E-state index contributed by atoms with van der Waals surface area (Å²) in [5.41, 5.74) is 5.19. The van der Waals surface area contributed by atoms with E-state index in [2.05, 4.69) is 10.6 Å². The van der Waals surface area contributed by atoms with E-state index >= 15 is 0 Å². The monoisotopic (exact) mass is 307 g/mol. The van der Waals surface area contributed by atoms with E-state index < -0.39 is 55.0 Å². The number of carboxylic acid groups (broad SMARTS) is 4. The maximum Gasteiger partial charge on any atom is 0.322 e. The van der Waals surface area contributed by atoms with E-state index in [-0.39, 0.29) is 6.54 Å². The fourth-order valence-corrected chi connectivity index (χ4v) is 1.28. The number of carboxylic acids is 4. The molecule has 0 aliphatic rings. The third-order valence-electron chi connectivity index (χ3n) is 2.44. The maximum atomic E-state index is 10.9. The van der Waals surface area contributed by atoms with E-state index in [9.17, 15) is 19.2 Å². The molecular formula is C10H17N3O8. The number of hydrogen-bond donors (Lipinski definition) is 7. The van der Waals surface area contributed by atoms with Crippen molar-refractivity contribution in [2.75, 3.05) is 13.1 Å². The molecule has 0 saturated heterocycles. The maximum absolute atomic E-state index is 10.9. The Morgan fingerprint density at radius 1 is 0.810 bits per heavy atom. The summed E-state index contributed by atoms with van der Waals surface area (Å²) in [4.78, 5) is 42.7. The van der Waals surface area contributed by atoms with Crippen LogP contribution in [-0.2, 0) is 19.2 Å². The van der Waals surface area contributed by atoms with Gasteiger partial charge < -0.3 is 36.8 Å². The minimum absolute atomic E-state index is 0.343. The van der Waals surface area contributed by atoms with Crippen LogP contribution in [-0.4, -0.2) is 75.5 Å². The van der Waals surface area contributed by atoms with E-state index in [1.54, 1.807) is 0 Å². The summed E-state index contributed by atoms with van der Waals surface area (Å²) in [6.07, 6.45) is -0.726. The molecule has 0 fully saturated rings. The minimum Gasteiger partial charge on any atom is -0.481 e. The van der Waals surface area contributed by atoms with Crippen molar-refractivity contribution < 1.29 is 39.6 Å². The lowest BCUT2D eigenvalue weighted by Gasteiger charge is -2.19. The van der Waals surface area contributed by atoms with Crippen LogP contribution in [0.5, 0.6) is 0 Å². The van der Waals surface area contributed by atoms with Gasteiger partial charge in [0.05, 0.1) is 6.42 Å². The Kier molecular flexibility index (Phi) is 7.89. The summed E-state index contributed by atoms with van der Waals surface area (Å²) in [5, 5.41) is 39.4. The average molecular weight is 307 g/mol. The lowest BCUT2D eigenvalue weighted by Crippen LogP contribution is -2.53. The third kappa shape index (κ3) is 7.81. The first kappa shape index (κ1) is 18.8. The Labute approximate surface area is 118 Å². The van der Waals surface area contributed by atoms with Crippen LogP contribution in [0.3, 0.4) is 0 Å². The van der Waals surface area contributed by atoms with Crippen molar-refractivity contribution >= 4 is 23.9 Å². The van der Waals surface area contributed by atoms with Gasteiger partial charge in [0, 0.05) is 13.1 Å². The Morgan fingerprint density at radius 3 is 1.67 bits per heavy atom. The second-order valence-electron chi connectivity index (χ2n) is 4.14. The first-order chi connectivity index (χ1) is 9.65. The number of aliphatic carboxylic acids is 4. The van der Waals surface area contributed by atoms with Gasteiger partial charge in [-0.15, -0.1) is 0 Å². The summed E-state index contributed by atoms with van der Waals surface area (Å²) in [6, 6.07) is -4.09. The minimum atomic E-state index is -1.46. The van der Waals surface area contributed by atoms with Gasteiger partial charge in [0.1, 0.15) is 18.1 Å². The molecule has 0 aromatic carbocycles. The van der Waals surface area contributed by atoms with Crippen LogP contribution < -0.4 is 16.4 Å². The van der Waals surface area contributed by atoms with Gasteiger partial charge in [-0.2, -0.15) is 0 Å². The van der Waals surface area contributed by atoms with Crippen molar-refractivity contribution in [2.45, 2.75) is 24.5 Å². The molecule has 0 bridgehead atoms. The van der Waals surface area contributed by atoms with Crippen molar-refractivity contribution in [3.63, 3.8) is 0 Å². The zero-order valence-corrected chi connectivity index (χ0v) is 10.9. The molecule has 3 atom stereocenters. The normalized spacial score (nSPS) is 14.9. The molecule has 0 heterocycles. The summed E-state index contributed by atoms with van der Waals surface area (Å²) in [5.74, 6) is -5.49. The topological polar surface area (TPSA) is 199 Å². The molecular weight excluding hydrogens is 290 g/mol. The fraction of sp³-hybridized carbons (Fsp3) is 0.600. The van der Waals surface area contributed by atoms with E-state index in [0.717, 1.165) is 0 Å². The standard InChI is InChI=1S/C10H17N3O8/c11-4(8(16)17)2-12-6(10(20)21)3-13-5(9(18)19)1-7(14)15/h4-6,12-13H,1-3,11H2,(H,14,15)(H,16,17)(H,18,19)(H,20,21)/t4-,5-,6-/m1/s1. The van der Waals surface area contributed by atoms with Crippen molar-refractivity contribution in [2.24, 2.45) is 5.73 Å². The second kappa shape index (κ2) is 8.84. The molecule has 0 rings (SSSR count). The van der Waals surface area contributed by atoms with Gasteiger partial charge in [0.2, 0.25) is 0 Å². The number of rotatable bonds is 11. The van der Waals surface area contributed by atoms with Crippen molar-refractivity contribution in [3.8, 4) is 0 Å². The van der Waals surface area contributed by atoms with Gasteiger partial charge in [0.15, 0.2) is 0 Å². The van der Waals surface area contributed by atoms with E-state index in [1.807, 2.05) is 0 Å². The Hall–Kier alpha value is -2.24. The lowest BCUT2D eigenvalue weighted by atomic mass is 10.2. The Bertz CT molecular complexity index is 413. The molecule has 0 aromatic heterocycles. The molecule has 120 valence electrons. The molecule has 0 unspecified atom stereocenters. The summed E-state index contributed by atoms with van der Waals surface area (Å²) >= 11 is 0. The highest BCUT2D eigenvalue weighted by molar-refractivity contribution is 5.80. The van der Waals surface area contributed by atoms with Gasteiger partial charge in [-0.1, -0.05) is 0 Å². The molecule has 0 aromatic rings. The molecule has 11 nitrogen and oxygen atoms in total. The molecule has 8 N–H and O–H groups in total. The van der Waals surface area contributed by atoms with Gasteiger partial charge in [0.25, 0.3) is 0 Å². The van der Waals surface area contributed by atoms with Crippen molar-refractivity contribution in [1.29, 1.82) is 0 Å². The van der Waals surface area contributed by atoms with Crippen molar-refractivity contribution in [3.05, 3.63) is 0 Å². The summed E-state index contributed by atoms with van der Waals surface area (Å²) in [6.45, 7) is -0.753. The van der Waals surface area contributed by atoms with Crippen LogP contribution in [0.1, 0.15) is 6.42 Å². The van der Waals surface area contributed by atoms with Crippen LogP contribution in [0, 0.1) is 0 Å². The largest absolute Gasteiger partial charge is 0.481 e. The number of hydrogen-bond acceptors (Lipinski definition) is 7. The molecule has 0 spiro atoms. The molecule has 0 saturated carbocycles. The van der Waals surface area contributed by atoms with E-state index in [4.69, 9.17) is 26.2 Å². The van der Waals surface area contributed by atoms with Gasteiger partial charge in [-0.3, -0.25) is 19.2 Å². The summed E-state index contributed by atoms with van der Waals surface area (Å²) in [7, 11) is 0. The van der Waals surface area contributed by atoms with Crippen LogP contribution in [0.4, 0.5) is 0 Å². The molecule has 0 aliphatic heterocycles. The lowest BCUT2D eigenvalue weighted by molar-refractivity contribution is -0.146. The smallest absolute Gasteiger partial charge is 0.322 e. The first-order valence-electron chi connectivity index (χ1n) is 5.77. The van der Waals surface area contributed by atoms with Crippen LogP contribution >= 0.6 is 0 Å². The average Bonchev–Trinajstić information content (AvgIpc) is 2.35. The van der Waals surface area contributed by atoms with Gasteiger partial charge >= 0.3 is 23.9 Å².